The average molecular weight is 742 g/mol. The van der Waals surface area contributed by atoms with Crippen LogP contribution in [0.3, 0.4) is 0 Å². The number of imidazole rings is 1. The molecule has 52 heavy (non-hydrogen) atoms. The Morgan fingerprint density at radius 1 is 0.981 bits per heavy atom. The van der Waals surface area contributed by atoms with Crippen LogP contribution >= 0.6 is 23.2 Å². The smallest absolute Gasteiger partial charge is 0.270 e. The highest BCUT2D eigenvalue weighted by Gasteiger charge is 2.57. The Hall–Kier alpha value is -5.29. The van der Waals surface area contributed by atoms with E-state index in [0.717, 1.165) is 5.56 Å². The minimum absolute atomic E-state index is 0.0768. The van der Waals surface area contributed by atoms with Gasteiger partial charge in [0.2, 0.25) is 11.9 Å². The van der Waals surface area contributed by atoms with Gasteiger partial charge in [0, 0.05) is 34.8 Å². The zero-order chi connectivity index (χ0) is 37.0. The monoisotopic (exact) mass is 740 g/mol. The quantitative estimate of drug-likeness (QED) is 0.176. The van der Waals surface area contributed by atoms with Crippen molar-refractivity contribution in [1.82, 2.24) is 30.5 Å². The molecule has 15 heteroatoms. The van der Waals surface area contributed by atoms with E-state index < -0.39 is 28.6 Å². The number of rotatable bonds is 11. The highest BCUT2D eigenvalue weighted by atomic mass is 35.5. The maximum Gasteiger partial charge on any atom is 0.270 e. The summed E-state index contributed by atoms with van der Waals surface area (Å²) >= 11 is 12.6. The standard InChI is InChI=1S/C37H34Cl2N8O5/c1-21(48)19-42-30(49)24-7-12-41-29(13-24)36(8-9-36)45-32(51)37(10-11-37)44-31(50)28-20-43-34-46(27-15-25(38)14-26(39)16-27)33(52)35(2,47(28)34)17-22-3-5-23(18-40)6-4-22/h3-7,12-16,20-21,48H,8-11,17,19H2,1-2H3,(H,42,49)(H,44,50)(H,45,51)/t21-,35-/m1/s1. The number of halogens is 2. The number of benzene rings is 2. The predicted octanol–water partition coefficient (Wildman–Crippen LogP) is 4.27. The first-order valence-corrected chi connectivity index (χ1v) is 17.5. The number of amides is 4. The molecule has 2 fully saturated rings. The topological polar surface area (TPSA) is 182 Å². The van der Waals surface area contributed by atoms with E-state index in [-0.39, 0.29) is 42.3 Å². The predicted molar refractivity (Wildman–Crippen MR) is 191 cm³/mol. The van der Waals surface area contributed by atoms with E-state index in [4.69, 9.17) is 23.2 Å². The number of aliphatic hydroxyl groups excluding tert-OH is 1. The number of pyridine rings is 1. The van der Waals surface area contributed by atoms with E-state index in [0.29, 0.717) is 58.2 Å². The van der Waals surface area contributed by atoms with Crippen LogP contribution in [-0.2, 0) is 27.1 Å². The Bertz CT molecular complexity index is 2150. The summed E-state index contributed by atoms with van der Waals surface area (Å²) in [4.78, 5) is 65.4. The van der Waals surface area contributed by atoms with E-state index in [1.54, 1.807) is 73.0 Å². The van der Waals surface area contributed by atoms with Gasteiger partial charge in [0.15, 0.2) is 0 Å². The van der Waals surface area contributed by atoms with Gasteiger partial charge in [-0.1, -0.05) is 35.3 Å². The molecule has 0 unspecified atom stereocenters. The largest absolute Gasteiger partial charge is 0.392 e. The summed E-state index contributed by atoms with van der Waals surface area (Å²) in [5.41, 5.74) is -0.801. The van der Waals surface area contributed by atoms with Crippen molar-refractivity contribution in [1.29, 1.82) is 5.26 Å². The summed E-state index contributed by atoms with van der Waals surface area (Å²) in [6.45, 7) is 3.38. The third-order valence-electron chi connectivity index (χ3n) is 9.78. The van der Waals surface area contributed by atoms with Crippen molar-refractivity contribution in [2.75, 3.05) is 11.4 Å². The van der Waals surface area contributed by atoms with Gasteiger partial charge in [-0.25, -0.2) is 9.88 Å². The van der Waals surface area contributed by atoms with Gasteiger partial charge in [-0.15, -0.1) is 0 Å². The molecule has 3 aliphatic rings. The van der Waals surface area contributed by atoms with Gasteiger partial charge in [-0.2, -0.15) is 5.26 Å². The second-order valence-electron chi connectivity index (χ2n) is 13.9. The van der Waals surface area contributed by atoms with Crippen LogP contribution in [0.4, 0.5) is 11.6 Å². The second kappa shape index (κ2) is 13.0. The van der Waals surface area contributed by atoms with Crippen molar-refractivity contribution in [3.05, 3.63) is 105 Å². The number of carbonyl (C=O) groups is 4. The molecular formula is C37H34Cl2N8O5. The Morgan fingerprint density at radius 3 is 2.29 bits per heavy atom. The molecule has 7 rings (SSSR count). The number of hydrogen-bond donors (Lipinski definition) is 4. The van der Waals surface area contributed by atoms with Crippen molar-refractivity contribution < 1.29 is 24.3 Å². The maximum atomic E-state index is 14.4. The fraction of sp³-hybridized carbons (Fsp3) is 0.324. The number of nitrogens with zero attached hydrogens (tertiary/aromatic N) is 5. The molecule has 4 N–H and O–H groups in total. The van der Waals surface area contributed by atoms with Crippen molar-refractivity contribution in [2.24, 2.45) is 0 Å². The molecule has 0 radical (unpaired) electrons. The lowest BCUT2D eigenvalue weighted by Gasteiger charge is -2.27. The zero-order valence-electron chi connectivity index (χ0n) is 28.2. The third kappa shape index (κ3) is 6.38. The molecule has 4 amide bonds. The number of aromatic nitrogens is 3. The number of aliphatic hydroxyl groups is 1. The summed E-state index contributed by atoms with van der Waals surface area (Å²) in [7, 11) is 0. The minimum Gasteiger partial charge on any atom is -0.392 e. The van der Waals surface area contributed by atoms with Crippen LogP contribution in [0.25, 0.3) is 0 Å². The molecule has 4 aromatic rings. The number of carbonyl (C=O) groups excluding carboxylic acids is 4. The SMILES string of the molecule is C[C@@H](O)CNC(=O)c1ccnc(C2(NC(=O)C3(NC(=O)c4cnc5n4[C@](C)(Cc4ccc(C#N)cc4)C(=O)N5c4cc(Cl)cc(Cl)c4)CC3)CC2)c1. The summed E-state index contributed by atoms with van der Waals surface area (Å²) < 4.78 is 1.58. The van der Waals surface area contributed by atoms with Crippen LogP contribution in [0.5, 0.6) is 0 Å². The van der Waals surface area contributed by atoms with Gasteiger partial charge in [0.05, 0.1) is 40.9 Å². The van der Waals surface area contributed by atoms with Gasteiger partial charge in [-0.05, 0) is 87.6 Å². The molecule has 13 nitrogen and oxygen atoms in total. The van der Waals surface area contributed by atoms with Gasteiger partial charge in [-0.3, -0.25) is 28.7 Å². The van der Waals surface area contributed by atoms with E-state index in [1.165, 1.54) is 17.3 Å². The van der Waals surface area contributed by atoms with E-state index in [2.05, 4.69) is 32.0 Å². The van der Waals surface area contributed by atoms with Gasteiger partial charge < -0.3 is 21.1 Å². The molecular weight excluding hydrogens is 707 g/mol. The zero-order valence-corrected chi connectivity index (χ0v) is 29.8. The number of nitrogens with one attached hydrogen (secondary N) is 3. The molecule has 2 aromatic carbocycles. The molecule has 2 aromatic heterocycles. The third-order valence-corrected chi connectivity index (χ3v) is 10.2. The number of hydrogen-bond acceptors (Lipinski definition) is 8. The normalized spacial score (nSPS) is 19.6. The molecule has 0 spiro atoms. The summed E-state index contributed by atoms with van der Waals surface area (Å²) in [6, 6.07) is 16.8. The van der Waals surface area contributed by atoms with Crippen molar-refractivity contribution in [2.45, 2.75) is 68.7 Å². The fourth-order valence-corrected chi connectivity index (χ4v) is 7.14. The van der Waals surface area contributed by atoms with Crippen molar-refractivity contribution in [3.63, 3.8) is 0 Å². The highest BCUT2D eigenvalue weighted by Crippen LogP contribution is 2.48. The molecule has 2 saturated carbocycles. The van der Waals surface area contributed by atoms with Gasteiger partial charge >= 0.3 is 0 Å². The summed E-state index contributed by atoms with van der Waals surface area (Å²) in [5.74, 6) is -1.53. The first kappa shape index (κ1) is 35.1. The Morgan fingerprint density at radius 2 is 1.67 bits per heavy atom. The lowest BCUT2D eigenvalue weighted by Crippen LogP contribution is -2.52. The molecule has 3 heterocycles. The van der Waals surface area contributed by atoms with Gasteiger partial charge in [0.1, 0.15) is 16.8 Å². The Kier molecular flexibility index (Phi) is 8.81. The first-order chi connectivity index (χ1) is 24.8. The average Bonchev–Trinajstić information content (AvgIpc) is 4.02. The van der Waals surface area contributed by atoms with Crippen LogP contribution in [0.2, 0.25) is 10.0 Å². The van der Waals surface area contributed by atoms with Crippen LogP contribution in [0.1, 0.15) is 77.2 Å². The number of nitriles is 1. The molecule has 0 bridgehead atoms. The molecule has 2 aliphatic carbocycles. The lowest BCUT2D eigenvalue weighted by molar-refractivity contribution is -0.125. The van der Waals surface area contributed by atoms with E-state index >= 15 is 0 Å². The van der Waals surface area contributed by atoms with Crippen LogP contribution in [-0.4, -0.2) is 61.5 Å². The molecule has 266 valence electrons. The van der Waals surface area contributed by atoms with Crippen LogP contribution < -0.4 is 20.9 Å². The van der Waals surface area contributed by atoms with Crippen molar-refractivity contribution in [3.8, 4) is 6.07 Å². The number of fused-ring (bicyclic) bond motifs is 1. The highest BCUT2D eigenvalue weighted by molar-refractivity contribution is 6.35. The number of anilines is 2. The van der Waals surface area contributed by atoms with Crippen LogP contribution in [0.15, 0.2) is 67.0 Å². The lowest BCUT2D eigenvalue weighted by atomic mass is 9.91. The van der Waals surface area contributed by atoms with Crippen molar-refractivity contribution >= 4 is 58.5 Å². The Balaban J connectivity index is 1.16. The molecule has 0 saturated heterocycles. The van der Waals surface area contributed by atoms with Gasteiger partial charge in [0.25, 0.3) is 17.7 Å². The Labute approximate surface area is 308 Å². The first-order valence-electron chi connectivity index (χ1n) is 16.7. The van der Waals surface area contributed by atoms with Crippen LogP contribution in [0, 0.1) is 11.3 Å². The second-order valence-corrected chi connectivity index (χ2v) is 14.7. The summed E-state index contributed by atoms with van der Waals surface area (Å²) in [5, 5.41) is 28.1. The maximum absolute atomic E-state index is 14.4. The molecule has 1 aliphatic heterocycles. The van der Waals surface area contributed by atoms with E-state index in [1.807, 2.05) is 0 Å². The fourth-order valence-electron chi connectivity index (χ4n) is 6.62. The van der Waals surface area contributed by atoms with E-state index in [9.17, 15) is 29.5 Å². The molecule has 2 atom stereocenters. The summed E-state index contributed by atoms with van der Waals surface area (Å²) in [6.07, 6.45) is 4.32. The minimum atomic E-state index is -1.35.